The first kappa shape index (κ1) is 27.8. The molecule has 0 amide bonds. The van der Waals surface area contributed by atoms with Gasteiger partial charge in [0.1, 0.15) is 11.9 Å². The molecule has 0 aromatic heterocycles. The smallest absolute Gasteiger partial charge is 0.160 e. The van der Waals surface area contributed by atoms with Gasteiger partial charge in [0.2, 0.25) is 0 Å². The molecule has 1 saturated heterocycles. The molecule has 0 aromatic carbocycles. The number of hydrogen-bond acceptors (Lipinski definition) is 6. The van der Waals surface area contributed by atoms with Crippen LogP contribution >= 0.6 is 0 Å². The third-order valence-corrected chi connectivity index (χ3v) is 12.5. The molecule has 3 saturated carbocycles. The van der Waals surface area contributed by atoms with Crippen molar-refractivity contribution < 1.29 is 29.6 Å². The summed E-state index contributed by atoms with van der Waals surface area (Å²) in [7, 11) is 1.67. The van der Waals surface area contributed by atoms with Crippen molar-refractivity contribution in [2.75, 3.05) is 7.11 Å². The Morgan fingerprint density at radius 2 is 1.78 bits per heavy atom. The van der Waals surface area contributed by atoms with Gasteiger partial charge >= 0.3 is 0 Å². The van der Waals surface area contributed by atoms with E-state index in [1.165, 1.54) is 5.57 Å². The zero-order valence-electron chi connectivity index (χ0n) is 24.2. The summed E-state index contributed by atoms with van der Waals surface area (Å²) in [6.07, 6.45) is 5.90. The van der Waals surface area contributed by atoms with Crippen LogP contribution < -0.4 is 0 Å². The minimum absolute atomic E-state index is 0.0269. The second-order valence-corrected chi connectivity index (χ2v) is 15.0. The molecule has 0 radical (unpaired) electrons. The van der Waals surface area contributed by atoms with Crippen molar-refractivity contribution in [1.29, 1.82) is 0 Å². The van der Waals surface area contributed by atoms with Gasteiger partial charge in [0.25, 0.3) is 0 Å². The van der Waals surface area contributed by atoms with Gasteiger partial charge in [0.15, 0.2) is 6.29 Å². The molecular formula is C31H50O6. The predicted octanol–water partition coefficient (Wildman–Crippen LogP) is 4.64. The van der Waals surface area contributed by atoms with E-state index in [0.29, 0.717) is 31.0 Å². The quantitative estimate of drug-likeness (QED) is 0.469. The lowest BCUT2D eigenvalue weighted by atomic mass is 9.37. The number of rotatable bonds is 4. The van der Waals surface area contributed by atoms with E-state index in [-0.39, 0.29) is 34.0 Å². The maximum atomic E-state index is 12.9. The Kier molecular flexibility index (Phi) is 6.46. The first-order valence-electron chi connectivity index (χ1n) is 14.5. The number of methoxy groups -OCH3 is 1. The van der Waals surface area contributed by atoms with Crippen LogP contribution in [0.1, 0.15) is 93.4 Å². The molecule has 37 heavy (non-hydrogen) atoms. The summed E-state index contributed by atoms with van der Waals surface area (Å²) in [6.45, 7) is 14.5. The van der Waals surface area contributed by atoms with Crippen LogP contribution in [0.25, 0.3) is 0 Å². The summed E-state index contributed by atoms with van der Waals surface area (Å²) >= 11 is 0. The molecule has 210 valence electrons. The molecule has 0 spiro atoms. The number of ketones is 1. The Labute approximate surface area is 223 Å². The minimum atomic E-state index is -1.25. The summed E-state index contributed by atoms with van der Waals surface area (Å²) in [5.74, 6) is 1.26. The van der Waals surface area contributed by atoms with Crippen molar-refractivity contribution in [3.8, 4) is 0 Å². The Morgan fingerprint density at radius 3 is 2.41 bits per heavy atom. The third kappa shape index (κ3) is 3.72. The van der Waals surface area contributed by atoms with E-state index in [1.807, 2.05) is 0 Å². The first-order valence-corrected chi connectivity index (χ1v) is 14.5. The molecule has 6 heteroatoms. The lowest BCUT2D eigenvalue weighted by Crippen LogP contribution is -2.65. The van der Waals surface area contributed by atoms with Crippen molar-refractivity contribution in [1.82, 2.24) is 0 Å². The summed E-state index contributed by atoms with van der Waals surface area (Å²) in [5.41, 5.74) is -0.638. The van der Waals surface area contributed by atoms with Gasteiger partial charge in [-0.2, -0.15) is 0 Å². The van der Waals surface area contributed by atoms with Gasteiger partial charge in [-0.3, -0.25) is 4.79 Å². The van der Waals surface area contributed by atoms with Crippen LogP contribution in [0.5, 0.6) is 0 Å². The number of aliphatic hydroxyl groups excluding tert-OH is 2. The van der Waals surface area contributed by atoms with Gasteiger partial charge in [-0.15, -0.1) is 0 Å². The highest BCUT2D eigenvalue weighted by molar-refractivity contribution is 5.85. The topological polar surface area (TPSA) is 96.2 Å². The molecule has 5 aliphatic rings. The first-order chi connectivity index (χ1) is 17.0. The normalized spacial score (nSPS) is 50.2. The predicted molar refractivity (Wildman–Crippen MR) is 141 cm³/mol. The average molecular weight is 519 g/mol. The van der Waals surface area contributed by atoms with E-state index >= 15 is 0 Å². The molecule has 1 aliphatic heterocycles. The lowest BCUT2D eigenvalue weighted by molar-refractivity contribution is -0.196. The number of carbonyl (C=O) groups excluding carboxylic acids is 1. The van der Waals surface area contributed by atoms with Gasteiger partial charge in [0.05, 0.1) is 17.8 Å². The highest BCUT2D eigenvalue weighted by Gasteiger charge is 2.69. The van der Waals surface area contributed by atoms with Gasteiger partial charge in [-0.1, -0.05) is 46.3 Å². The zero-order chi connectivity index (χ0) is 27.3. The van der Waals surface area contributed by atoms with E-state index < -0.39 is 35.6 Å². The van der Waals surface area contributed by atoms with Crippen LogP contribution in [0.4, 0.5) is 0 Å². The minimum Gasteiger partial charge on any atom is -0.392 e. The Bertz CT molecular complexity index is 965. The highest BCUT2D eigenvalue weighted by atomic mass is 16.7. The van der Waals surface area contributed by atoms with Crippen molar-refractivity contribution in [3.63, 3.8) is 0 Å². The molecule has 3 N–H and O–H groups in total. The van der Waals surface area contributed by atoms with Crippen molar-refractivity contribution >= 4 is 5.78 Å². The average Bonchev–Trinajstić information content (AvgIpc) is 3.38. The van der Waals surface area contributed by atoms with Crippen LogP contribution in [0.2, 0.25) is 0 Å². The van der Waals surface area contributed by atoms with E-state index in [0.717, 1.165) is 25.7 Å². The van der Waals surface area contributed by atoms with Crippen LogP contribution in [0.15, 0.2) is 11.6 Å². The maximum Gasteiger partial charge on any atom is 0.160 e. The molecule has 4 fully saturated rings. The van der Waals surface area contributed by atoms with Crippen LogP contribution in [0, 0.1) is 45.3 Å². The molecule has 11 atom stereocenters. The van der Waals surface area contributed by atoms with Crippen molar-refractivity contribution in [2.45, 2.75) is 124 Å². The summed E-state index contributed by atoms with van der Waals surface area (Å²) in [4.78, 5) is 12.9. The van der Waals surface area contributed by atoms with Crippen molar-refractivity contribution in [2.24, 2.45) is 45.3 Å². The molecule has 1 heterocycles. The number of allylic oxidation sites excluding steroid dienone is 1. The second-order valence-electron chi connectivity index (χ2n) is 15.0. The number of hydrogen-bond donors (Lipinski definition) is 3. The maximum absolute atomic E-state index is 12.9. The van der Waals surface area contributed by atoms with Gasteiger partial charge in [-0.25, -0.2) is 0 Å². The largest absolute Gasteiger partial charge is 0.392 e. The van der Waals surface area contributed by atoms with Crippen LogP contribution in [0.3, 0.4) is 0 Å². The number of fused-ring (bicyclic) bond motifs is 5. The number of carbonyl (C=O) groups is 1. The Hall–Kier alpha value is -0.790. The number of ether oxygens (including phenoxy) is 2. The zero-order valence-corrected chi connectivity index (χ0v) is 24.2. The van der Waals surface area contributed by atoms with E-state index in [1.54, 1.807) is 21.0 Å². The van der Waals surface area contributed by atoms with Gasteiger partial charge in [0, 0.05) is 30.3 Å². The Balaban J connectivity index is 1.46. The van der Waals surface area contributed by atoms with Gasteiger partial charge in [-0.05, 0) is 81.0 Å². The summed E-state index contributed by atoms with van der Waals surface area (Å²) < 4.78 is 12.0. The molecule has 4 aliphatic carbocycles. The SMILES string of the molecule is CO[C@@H]1O[C@@H](C(O)C(C)(C)O)C[C@H]1[C@@H]1CC=C2[C@]3(C)[C@H](O)C[C@H]4C(C)(C)C(=O)CC[C@]4(C)[C@H]3CC[C@]21C. The Morgan fingerprint density at radius 1 is 1.11 bits per heavy atom. The van der Waals surface area contributed by atoms with Gasteiger partial charge < -0.3 is 24.8 Å². The number of Topliss-reactive ketones (excluding diaryl/α,β-unsaturated/α-hetero) is 1. The highest BCUT2D eigenvalue weighted by Crippen LogP contribution is 2.73. The van der Waals surface area contributed by atoms with Crippen LogP contribution in [-0.4, -0.2) is 58.4 Å². The number of aliphatic hydroxyl groups is 3. The monoisotopic (exact) mass is 518 g/mol. The molecule has 5 rings (SSSR count). The third-order valence-electron chi connectivity index (χ3n) is 12.5. The second kappa shape index (κ2) is 8.60. The molecular weight excluding hydrogens is 468 g/mol. The van der Waals surface area contributed by atoms with E-state index in [9.17, 15) is 20.1 Å². The van der Waals surface area contributed by atoms with E-state index in [2.05, 4.69) is 40.7 Å². The molecule has 0 aromatic rings. The standard InChI is InChI=1S/C31H50O6/c1-27(2)22-16-24(33)31(7)20-10-9-18(17-15-19(37-26(17)36-8)25(34)28(3,4)35)29(20,5)13-11-21(31)30(22,6)14-12-23(27)32/h10,17-19,21-22,24-26,33-35H,9,11-16H2,1-8H3/t17-,18-,19+,21+,22-,24+,25?,26+,29-,30+,31-/m0/s1. The fourth-order valence-corrected chi connectivity index (χ4v) is 10.4. The van der Waals surface area contributed by atoms with E-state index in [4.69, 9.17) is 9.47 Å². The molecule has 0 bridgehead atoms. The molecule has 6 nitrogen and oxygen atoms in total. The van der Waals surface area contributed by atoms with Crippen LogP contribution in [-0.2, 0) is 14.3 Å². The fraction of sp³-hybridized carbons (Fsp3) is 0.903. The van der Waals surface area contributed by atoms with Crippen molar-refractivity contribution in [3.05, 3.63) is 11.6 Å². The lowest BCUT2D eigenvalue weighted by Gasteiger charge is -2.67. The summed E-state index contributed by atoms with van der Waals surface area (Å²) in [6, 6.07) is 0. The molecule has 1 unspecified atom stereocenters. The fourth-order valence-electron chi connectivity index (χ4n) is 10.4. The summed E-state index contributed by atoms with van der Waals surface area (Å²) in [5, 5.41) is 33.1.